The summed E-state index contributed by atoms with van der Waals surface area (Å²) in [4.78, 5) is 28.5. The molecule has 2 aromatic carbocycles. The predicted molar refractivity (Wildman–Crippen MR) is 109 cm³/mol. The molecule has 0 saturated heterocycles. The Morgan fingerprint density at radius 3 is 2.67 bits per heavy atom. The third kappa shape index (κ3) is 4.80. The Kier molecular flexibility index (Phi) is 5.30. The van der Waals surface area contributed by atoms with Gasteiger partial charge < -0.3 is 5.32 Å². The smallest absolute Gasteiger partial charge is 0.227 e. The van der Waals surface area contributed by atoms with Gasteiger partial charge in [-0.1, -0.05) is 49.2 Å². The molecule has 0 atom stereocenters. The molecule has 4 rings (SSSR count). The van der Waals surface area contributed by atoms with Gasteiger partial charge >= 0.3 is 0 Å². The highest BCUT2D eigenvalue weighted by Crippen LogP contribution is 2.33. The topological polar surface area (TPSA) is 59.1 Å². The van der Waals surface area contributed by atoms with Crippen molar-refractivity contribution >= 4 is 33.2 Å². The van der Waals surface area contributed by atoms with Crippen LogP contribution in [0.25, 0.3) is 21.3 Å². The lowest BCUT2D eigenvalue weighted by molar-refractivity contribution is -0.124. The quantitative estimate of drug-likeness (QED) is 0.633. The molecule has 1 aliphatic rings. The number of fused-ring (bicyclic) bond motifs is 1. The number of Topliss-reactive ketones (excluding diaryl/α,β-unsaturated/α-hetero) is 1. The molecule has 4 nitrogen and oxygen atoms in total. The number of benzene rings is 2. The minimum Gasteiger partial charge on any atom is -0.349 e. The van der Waals surface area contributed by atoms with Crippen molar-refractivity contribution in [3.63, 3.8) is 0 Å². The Labute approximate surface area is 162 Å². The van der Waals surface area contributed by atoms with Gasteiger partial charge in [-0.25, -0.2) is 4.98 Å². The first kappa shape index (κ1) is 17.9. The summed E-state index contributed by atoms with van der Waals surface area (Å²) in [6, 6.07) is 16.4. The van der Waals surface area contributed by atoms with Crippen molar-refractivity contribution in [2.24, 2.45) is 5.92 Å². The van der Waals surface area contributed by atoms with Gasteiger partial charge in [0.05, 0.1) is 23.2 Å². The zero-order valence-corrected chi connectivity index (χ0v) is 15.9. The van der Waals surface area contributed by atoms with Crippen LogP contribution in [0.15, 0.2) is 48.5 Å². The van der Waals surface area contributed by atoms with Crippen molar-refractivity contribution in [2.45, 2.75) is 32.1 Å². The van der Waals surface area contributed by atoms with E-state index in [1.54, 1.807) is 0 Å². The second kappa shape index (κ2) is 8.01. The van der Waals surface area contributed by atoms with Gasteiger partial charge in [-0.2, -0.15) is 0 Å². The summed E-state index contributed by atoms with van der Waals surface area (Å²) in [5.41, 5.74) is 3.21. The van der Waals surface area contributed by atoms with Crippen LogP contribution in [0.4, 0.5) is 0 Å². The molecule has 3 aromatic rings. The lowest BCUT2D eigenvalue weighted by atomic mass is 10.1. The van der Waals surface area contributed by atoms with E-state index < -0.39 is 0 Å². The SMILES string of the molecule is O=C(CCC1CC1)CNC(=O)Cc1nc2ccc(-c3ccccc3)cc2s1. The van der Waals surface area contributed by atoms with Crippen molar-refractivity contribution in [3.8, 4) is 11.1 Å². The summed E-state index contributed by atoms with van der Waals surface area (Å²) < 4.78 is 1.07. The molecular formula is C22H22N2O2S. The molecule has 1 fully saturated rings. The Hall–Kier alpha value is -2.53. The number of nitrogens with zero attached hydrogens (tertiary/aromatic N) is 1. The van der Waals surface area contributed by atoms with Crippen LogP contribution in [0.5, 0.6) is 0 Å². The number of amides is 1. The lowest BCUT2D eigenvalue weighted by Gasteiger charge is -2.03. The van der Waals surface area contributed by atoms with Crippen LogP contribution in [0.1, 0.15) is 30.7 Å². The molecule has 1 aromatic heterocycles. The van der Waals surface area contributed by atoms with Crippen molar-refractivity contribution < 1.29 is 9.59 Å². The van der Waals surface area contributed by atoms with E-state index in [4.69, 9.17) is 0 Å². The van der Waals surface area contributed by atoms with Crippen LogP contribution in [0, 0.1) is 5.92 Å². The largest absolute Gasteiger partial charge is 0.349 e. The number of ketones is 1. The highest BCUT2D eigenvalue weighted by atomic mass is 32.1. The van der Waals surface area contributed by atoms with E-state index in [0.717, 1.165) is 38.7 Å². The van der Waals surface area contributed by atoms with Crippen LogP contribution >= 0.6 is 11.3 Å². The number of hydrogen-bond donors (Lipinski definition) is 1. The van der Waals surface area contributed by atoms with E-state index in [-0.39, 0.29) is 24.7 Å². The third-order valence-electron chi connectivity index (χ3n) is 4.86. The molecule has 1 heterocycles. The Morgan fingerprint density at radius 2 is 1.89 bits per heavy atom. The molecule has 1 aliphatic carbocycles. The minimum absolute atomic E-state index is 0.118. The summed E-state index contributed by atoms with van der Waals surface area (Å²) in [5, 5.41) is 3.51. The van der Waals surface area contributed by atoms with E-state index in [2.05, 4.69) is 34.6 Å². The molecule has 1 N–H and O–H groups in total. The van der Waals surface area contributed by atoms with Gasteiger partial charge in [-0.05, 0) is 35.6 Å². The summed E-state index contributed by atoms with van der Waals surface area (Å²) in [6.07, 6.45) is 4.27. The van der Waals surface area contributed by atoms with Gasteiger partial charge in [0.2, 0.25) is 5.91 Å². The number of carbonyl (C=O) groups excluding carboxylic acids is 2. The fourth-order valence-electron chi connectivity index (χ4n) is 3.12. The molecule has 0 radical (unpaired) electrons. The molecule has 0 aliphatic heterocycles. The molecule has 1 amide bonds. The van der Waals surface area contributed by atoms with E-state index in [9.17, 15) is 9.59 Å². The highest BCUT2D eigenvalue weighted by Gasteiger charge is 2.21. The average Bonchev–Trinajstić information content (AvgIpc) is 3.43. The van der Waals surface area contributed by atoms with E-state index in [0.29, 0.717) is 6.42 Å². The van der Waals surface area contributed by atoms with Crippen LogP contribution in [-0.4, -0.2) is 23.2 Å². The van der Waals surface area contributed by atoms with Crippen LogP contribution in [-0.2, 0) is 16.0 Å². The molecule has 0 spiro atoms. The number of thiazole rings is 1. The van der Waals surface area contributed by atoms with Crippen molar-refractivity contribution in [1.82, 2.24) is 10.3 Å². The zero-order valence-electron chi connectivity index (χ0n) is 15.1. The van der Waals surface area contributed by atoms with Gasteiger partial charge in [0.25, 0.3) is 0 Å². The maximum Gasteiger partial charge on any atom is 0.227 e. The summed E-state index contributed by atoms with van der Waals surface area (Å²) in [6.45, 7) is 0.134. The average molecular weight is 378 g/mol. The summed E-state index contributed by atoms with van der Waals surface area (Å²) >= 11 is 1.53. The molecule has 0 unspecified atom stereocenters. The highest BCUT2D eigenvalue weighted by molar-refractivity contribution is 7.18. The van der Waals surface area contributed by atoms with E-state index in [1.165, 1.54) is 24.2 Å². The minimum atomic E-state index is -0.142. The monoisotopic (exact) mass is 378 g/mol. The first-order valence-electron chi connectivity index (χ1n) is 9.40. The molecule has 27 heavy (non-hydrogen) atoms. The molecular weight excluding hydrogens is 356 g/mol. The van der Waals surface area contributed by atoms with Crippen molar-refractivity contribution in [2.75, 3.05) is 6.54 Å². The fourth-order valence-corrected chi connectivity index (χ4v) is 4.12. The number of aromatic nitrogens is 1. The van der Waals surface area contributed by atoms with E-state index in [1.807, 2.05) is 24.3 Å². The van der Waals surface area contributed by atoms with Crippen LogP contribution in [0.2, 0.25) is 0 Å². The normalized spacial score (nSPS) is 13.6. The second-order valence-corrected chi connectivity index (χ2v) is 8.25. The Morgan fingerprint density at radius 1 is 1.07 bits per heavy atom. The number of carbonyl (C=O) groups is 2. The van der Waals surface area contributed by atoms with Gasteiger partial charge in [-0.3, -0.25) is 9.59 Å². The van der Waals surface area contributed by atoms with Crippen molar-refractivity contribution in [3.05, 3.63) is 53.5 Å². The molecule has 5 heteroatoms. The summed E-state index contributed by atoms with van der Waals surface area (Å²) in [5.74, 6) is 0.720. The number of rotatable bonds is 8. The van der Waals surface area contributed by atoms with Gasteiger partial charge in [0, 0.05) is 6.42 Å². The maximum atomic E-state index is 12.1. The Balaban J connectivity index is 1.35. The molecule has 0 bridgehead atoms. The van der Waals surface area contributed by atoms with E-state index >= 15 is 0 Å². The lowest BCUT2D eigenvalue weighted by Crippen LogP contribution is -2.30. The Bertz CT molecular complexity index is 961. The zero-order chi connectivity index (χ0) is 18.6. The van der Waals surface area contributed by atoms with Gasteiger partial charge in [-0.15, -0.1) is 11.3 Å². The van der Waals surface area contributed by atoms with Crippen molar-refractivity contribution in [1.29, 1.82) is 0 Å². The van der Waals surface area contributed by atoms with Gasteiger partial charge in [0.1, 0.15) is 5.01 Å². The standard InChI is InChI=1S/C22H22N2O2S/c25-18(10-8-15-6-7-15)14-23-21(26)13-22-24-19-11-9-17(12-20(19)27-22)16-4-2-1-3-5-16/h1-5,9,11-12,15H,6-8,10,13-14H2,(H,23,26). The predicted octanol–water partition coefficient (Wildman–Crippen LogP) is 4.38. The molecule has 138 valence electrons. The first-order chi connectivity index (χ1) is 13.2. The van der Waals surface area contributed by atoms with Crippen LogP contribution < -0.4 is 5.32 Å². The summed E-state index contributed by atoms with van der Waals surface area (Å²) in [7, 11) is 0. The van der Waals surface area contributed by atoms with Gasteiger partial charge in [0.15, 0.2) is 5.78 Å². The van der Waals surface area contributed by atoms with Crippen LogP contribution in [0.3, 0.4) is 0 Å². The first-order valence-corrected chi connectivity index (χ1v) is 10.2. The number of hydrogen-bond acceptors (Lipinski definition) is 4. The number of nitrogens with one attached hydrogen (secondary N) is 1. The maximum absolute atomic E-state index is 12.1. The molecule has 1 saturated carbocycles. The fraction of sp³-hybridized carbons (Fsp3) is 0.318. The third-order valence-corrected chi connectivity index (χ3v) is 5.88. The second-order valence-electron chi connectivity index (χ2n) is 7.13.